The Morgan fingerprint density at radius 3 is 2.37 bits per heavy atom. The second-order valence-corrected chi connectivity index (χ2v) is 8.10. The van der Waals surface area contributed by atoms with Gasteiger partial charge in [-0.25, -0.2) is 9.97 Å². The van der Waals surface area contributed by atoms with Gasteiger partial charge >= 0.3 is 0 Å². The van der Waals surface area contributed by atoms with Crippen LogP contribution in [-0.2, 0) is 9.47 Å². The first-order valence-electron chi connectivity index (χ1n) is 10.5. The first kappa shape index (κ1) is 19.2. The monoisotopic (exact) mass is 411 g/mol. The van der Waals surface area contributed by atoms with Crippen molar-refractivity contribution in [3.63, 3.8) is 0 Å². The Morgan fingerprint density at radius 2 is 1.70 bits per heavy atom. The number of ether oxygens (including phenoxy) is 2. The first-order chi connectivity index (χ1) is 14.7. The maximum atomic E-state index is 11.0. The summed E-state index contributed by atoms with van der Waals surface area (Å²) < 4.78 is 11.2. The van der Waals surface area contributed by atoms with Crippen molar-refractivity contribution in [3.8, 4) is 11.4 Å². The number of hydrogen-bond acceptors (Lipinski definition) is 8. The molecule has 2 aromatic rings. The van der Waals surface area contributed by atoms with Crippen LogP contribution in [-0.4, -0.2) is 59.4 Å². The van der Waals surface area contributed by atoms with E-state index in [2.05, 4.69) is 10.2 Å². The molecule has 5 rings (SSSR count). The van der Waals surface area contributed by atoms with Crippen molar-refractivity contribution in [2.75, 3.05) is 36.6 Å². The summed E-state index contributed by atoms with van der Waals surface area (Å²) in [6.45, 7) is 2.93. The Morgan fingerprint density at radius 1 is 1.00 bits per heavy atom. The van der Waals surface area contributed by atoms with Gasteiger partial charge in [-0.05, 0) is 37.8 Å². The van der Waals surface area contributed by atoms with Crippen molar-refractivity contribution < 1.29 is 14.4 Å². The molecule has 0 aliphatic carbocycles. The van der Waals surface area contributed by atoms with E-state index < -0.39 is 4.92 Å². The van der Waals surface area contributed by atoms with Crippen LogP contribution in [0.1, 0.15) is 25.7 Å². The van der Waals surface area contributed by atoms with E-state index >= 15 is 0 Å². The lowest BCUT2D eigenvalue weighted by molar-refractivity contribution is -0.384. The minimum absolute atomic E-state index is 0.0571. The number of nitro benzene ring substituents is 1. The number of aromatic nitrogens is 2. The summed E-state index contributed by atoms with van der Waals surface area (Å²) in [5.41, 5.74) is 0.819. The molecular formula is C21H25N5O4. The molecule has 0 spiro atoms. The molecule has 3 aliphatic heterocycles. The fourth-order valence-corrected chi connectivity index (χ4v) is 4.56. The predicted molar refractivity (Wildman–Crippen MR) is 112 cm³/mol. The number of nitrogens with zero attached hydrogens (tertiary/aromatic N) is 4. The number of benzene rings is 1. The fourth-order valence-electron chi connectivity index (χ4n) is 4.56. The number of nitrogens with one attached hydrogen (secondary N) is 1. The molecular weight excluding hydrogens is 386 g/mol. The summed E-state index contributed by atoms with van der Waals surface area (Å²) in [6, 6.07) is 9.42. The van der Waals surface area contributed by atoms with Gasteiger partial charge in [0.25, 0.3) is 5.69 Å². The Kier molecular flexibility index (Phi) is 5.22. The molecule has 4 heterocycles. The number of rotatable bonds is 5. The van der Waals surface area contributed by atoms with Crippen LogP contribution in [0.5, 0.6) is 0 Å². The maximum absolute atomic E-state index is 11.0. The average Bonchev–Trinajstić information content (AvgIpc) is 3.03. The molecule has 2 unspecified atom stereocenters. The van der Waals surface area contributed by atoms with Crippen LogP contribution in [0, 0.1) is 10.1 Å². The number of anilines is 2. The third-order valence-corrected chi connectivity index (χ3v) is 6.13. The lowest BCUT2D eigenvalue weighted by Crippen LogP contribution is -2.46. The Bertz CT molecular complexity index is 900. The SMILES string of the molecule is O=[N+]([O-])c1ccc(-c2nc(NC3CCOCC3)cc(N3C4CCC3COC4)n2)cc1. The summed E-state index contributed by atoms with van der Waals surface area (Å²) in [7, 11) is 0. The number of nitro groups is 1. The van der Waals surface area contributed by atoms with Crippen LogP contribution in [0.3, 0.4) is 0 Å². The van der Waals surface area contributed by atoms with Gasteiger partial charge in [-0.2, -0.15) is 0 Å². The molecule has 2 bridgehead atoms. The second kappa shape index (κ2) is 8.16. The van der Waals surface area contributed by atoms with E-state index in [0.717, 1.165) is 69.3 Å². The minimum Gasteiger partial charge on any atom is -0.381 e. The van der Waals surface area contributed by atoms with E-state index in [1.54, 1.807) is 12.1 Å². The van der Waals surface area contributed by atoms with E-state index in [1.165, 1.54) is 12.1 Å². The van der Waals surface area contributed by atoms with Crippen LogP contribution in [0.4, 0.5) is 17.3 Å². The first-order valence-corrected chi connectivity index (χ1v) is 10.5. The number of non-ortho nitro benzene ring substituents is 1. The molecule has 1 aromatic heterocycles. The number of morpholine rings is 1. The highest BCUT2D eigenvalue weighted by atomic mass is 16.6. The van der Waals surface area contributed by atoms with Gasteiger partial charge in [-0.15, -0.1) is 0 Å². The van der Waals surface area contributed by atoms with E-state index in [4.69, 9.17) is 19.4 Å². The number of hydrogen-bond donors (Lipinski definition) is 1. The topological polar surface area (TPSA) is 103 Å². The zero-order valence-corrected chi connectivity index (χ0v) is 16.7. The van der Waals surface area contributed by atoms with Crippen LogP contribution in [0.15, 0.2) is 30.3 Å². The molecule has 9 heteroatoms. The van der Waals surface area contributed by atoms with Crippen LogP contribution < -0.4 is 10.2 Å². The zero-order valence-electron chi connectivity index (χ0n) is 16.7. The normalized spacial score (nSPS) is 24.1. The van der Waals surface area contributed by atoms with E-state index in [9.17, 15) is 10.1 Å². The predicted octanol–water partition coefficient (Wildman–Crippen LogP) is 3.01. The Hall–Kier alpha value is -2.78. The molecule has 2 atom stereocenters. The van der Waals surface area contributed by atoms with Gasteiger partial charge in [0.2, 0.25) is 0 Å². The van der Waals surface area contributed by atoms with Gasteiger partial charge in [0.15, 0.2) is 5.82 Å². The van der Waals surface area contributed by atoms with E-state index in [-0.39, 0.29) is 5.69 Å². The molecule has 1 N–H and O–H groups in total. The van der Waals surface area contributed by atoms with Gasteiger partial charge in [-0.1, -0.05) is 0 Å². The Labute approximate surface area is 174 Å². The highest BCUT2D eigenvalue weighted by Crippen LogP contribution is 2.35. The molecule has 9 nitrogen and oxygen atoms in total. The van der Waals surface area contributed by atoms with Gasteiger partial charge in [0, 0.05) is 43.0 Å². The van der Waals surface area contributed by atoms with Gasteiger partial charge in [0.1, 0.15) is 11.6 Å². The highest BCUT2D eigenvalue weighted by molar-refractivity contribution is 5.64. The number of fused-ring (bicyclic) bond motifs is 2. The van der Waals surface area contributed by atoms with Gasteiger partial charge in [-0.3, -0.25) is 10.1 Å². The highest BCUT2D eigenvalue weighted by Gasteiger charge is 2.38. The van der Waals surface area contributed by atoms with Crippen molar-refractivity contribution in [1.82, 2.24) is 9.97 Å². The van der Waals surface area contributed by atoms with Crippen molar-refractivity contribution in [2.24, 2.45) is 0 Å². The quantitative estimate of drug-likeness (QED) is 0.592. The lowest BCUT2D eigenvalue weighted by Gasteiger charge is -2.36. The molecule has 3 fully saturated rings. The summed E-state index contributed by atoms with van der Waals surface area (Å²) in [5, 5.41) is 14.6. The third-order valence-electron chi connectivity index (χ3n) is 6.13. The van der Waals surface area contributed by atoms with E-state index in [1.807, 2.05) is 6.07 Å². The lowest BCUT2D eigenvalue weighted by atomic mass is 10.1. The minimum atomic E-state index is -0.398. The molecule has 0 radical (unpaired) electrons. The molecule has 30 heavy (non-hydrogen) atoms. The molecule has 3 aliphatic rings. The zero-order chi connectivity index (χ0) is 20.5. The van der Waals surface area contributed by atoms with Crippen LogP contribution in [0.2, 0.25) is 0 Å². The van der Waals surface area contributed by atoms with Crippen LogP contribution in [0.25, 0.3) is 11.4 Å². The summed E-state index contributed by atoms with van der Waals surface area (Å²) >= 11 is 0. The second-order valence-electron chi connectivity index (χ2n) is 8.10. The van der Waals surface area contributed by atoms with Gasteiger partial charge in [0.05, 0.1) is 30.2 Å². The Balaban J connectivity index is 1.50. The van der Waals surface area contributed by atoms with Crippen molar-refractivity contribution in [2.45, 2.75) is 43.8 Å². The third kappa shape index (κ3) is 3.82. The molecule has 3 saturated heterocycles. The molecule has 158 valence electrons. The van der Waals surface area contributed by atoms with Crippen LogP contribution >= 0.6 is 0 Å². The fraction of sp³-hybridized carbons (Fsp3) is 0.524. The average molecular weight is 411 g/mol. The standard InChI is InChI=1S/C21H25N5O4/c27-26(28)16-3-1-14(2-4-16)21-23-19(22-15-7-9-29-10-8-15)11-20(24-21)25-17-5-6-18(25)13-30-12-17/h1-4,11,15,17-18H,5-10,12-13H2,(H,22,23,24). The summed E-state index contributed by atoms with van der Waals surface area (Å²) in [6.07, 6.45) is 4.08. The summed E-state index contributed by atoms with van der Waals surface area (Å²) in [4.78, 5) is 22.6. The van der Waals surface area contributed by atoms with Gasteiger partial charge < -0.3 is 19.7 Å². The largest absolute Gasteiger partial charge is 0.381 e. The van der Waals surface area contributed by atoms with Crippen molar-refractivity contribution >= 4 is 17.3 Å². The van der Waals surface area contributed by atoms with Crippen molar-refractivity contribution in [3.05, 3.63) is 40.4 Å². The summed E-state index contributed by atoms with van der Waals surface area (Å²) in [5.74, 6) is 2.25. The maximum Gasteiger partial charge on any atom is 0.269 e. The molecule has 0 amide bonds. The van der Waals surface area contributed by atoms with E-state index in [0.29, 0.717) is 23.9 Å². The molecule has 1 aromatic carbocycles. The molecule has 0 saturated carbocycles. The van der Waals surface area contributed by atoms with Crippen molar-refractivity contribution in [1.29, 1.82) is 0 Å². The smallest absolute Gasteiger partial charge is 0.269 e.